The van der Waals surface area contributed by atoms with Crippen molar-refractivity contribution in [1.29, 1.82) is 0 Å². The van der Waals surface area contributed by atoms with Crippen LogP contribution in [0.5, 0.6) is 0 Å². The van der Waals surface area contributed by atoms with Gasteiger partial charge in [-0.3, -0.25) is 9.59 Å². The van der Waals surface area contributed by atoms with E-state index in [1.54, 1.807) is 12.1 Å². The van der Waals surface area contributed by atoms with Crippen LogP contribution in [0.1, 0.15) is 90.2 Å². The summed E-state index contributed by atoms with van der Waals surface area (Å²) >= 11 is 0. The van der Waals surface area contributed by atoms with E-state index < -0.39 is 43.0 Å². The zero-order valence-electron chi connectivity index (χ0n) is 30.3. The van der Waals surface area contributed by atoms with Crippen LogP contribution in [0.3, 0.4) is 0 Å². The Morgan fingerprint density at radius 2 is 1.31 bits per heavy atom. The largest absolute Gasteiger partial charge is 1.00 e. The molecule has 52 heavy (non-hydrogen) atoms. The van der Waals surface area contributed by atoms with Gasteiger partial charge in [-0.1, -0.05) is 38.5 Å². The van der Waals surface area contributed by atoms with Gasteiger partial charge >= 0.3 is 41.5 Å². The number of rotatable bonds is 17. The fraction of sp³-hybridized carbons (Fsp3) is 0.432. The van der Waals surface area contributed by atoms with E-state index in [0.717, 1.165) is 22.8 Å². The van der Waals surface area contributed by atoms with Crippen LogP contribution in [-0.2, 0) is 40.7 Å². The molecule has 0 aliphatic carbocycles. The fourth-order valence-corrected chi connectivity index (χ4v) is 7.90. The van der Waals surface area contributed by atoms with E-state index in [1.807, 2.05) is 58.1 Å². The van der Waals surface area contributed by atoms with Crippen LogP contribution in [-0.4, -0.2) is 71.5 Å². The molecule has 0 spiro atoms. The molecule has 0 amide bonds. The quantitative estimate of drug-likeness (QED) is 0.0791. The first-order chi connectivity index (χ1) is 23.8. The number of fused-ring (bicyclic) bond motifs is 2. The van der Waals surface area contributed by atoms with Crippen LogP contribution in [0.4, 0.5) is 11.4 Å². The van der Waals surface area contributed by atoms with Crippen LogP contribution in [0.15, 0.2) is 82.3 Å². The maximum atomic E-state index is 11.9. The molecule has 0 unspecified atom stereocenters. The number of aliphatic carboxylic acids is 2. The molecule has 15 heteroatoms. The molecule has 2 heterocycles. The number of carboxylic acid groups (broad SMARTS) is 2. The van der Waals surface area contributed by atoms with Crippen molar-refractivity contribution >= 4 is 49.3 Å². The minimum absolute atomic E-state index is 0. The van der Waals surface area contributed by atoms with E-state index in [-0.39, 0.29) is 52.2 Å². The number of unbranched alkanes of at least 4 members (excludes halogenated alkanes) is 4. The van der Waals surface area contributed by atoms with E-state index in [9.17, 15) is 35.5 Å². The number of hydrogen-bond donors (Lipinski definition) is 2. The number of hydrogen-bond acceptors (Lipinski definition) is 9. The van der Waals surface area contributed by atoms with Gasteiger partial charge in [-0.2, -0.15) is 4.58 Å². The second kappa shape index (κ2) is 17.4. The predicted molar refractivity (Wildman–Crippen MR) is 191 cm³/mol. The average Bonchev–Trinajstić information content (AvgIpc) is 3.37. The minimum atomic E-state index is -4.67. The zero-order chi connectivity index (χ0) is 37.8. The standard InChI is InChI=1S/C37H46N2O10S2.Na/c1-36(2)28-24-26(50(44,45)46)18-20-30(28)38(22-12-6-10-16-34(40)41)32(36)14-8-5-9-15-33-37(3,4)29-25-27(51(47,48)49)19-21-31(29)39(33)23-13-7-11-17-35(42)43;/h5,8-9,14-15,18-21,24-25H,6-7,10-13,16-17,22-23H2,1-4H3,(H3-,40,41,42,43,44,45,46,47,48,49);/q;+1/p-1. The molecule has 0 saturated carbocycles. The molecule has 2 N–H and O–H groups in total. The molecule has 2 aliphatic heterocycles. The average molecular weight is 765 g/mol. The summed E-state index contributed by atoms with van der Waals surface area (Å²) in [6.07, 6.45) is 13.4. The summed E-state index contributed by atoms with van der Waals surface area (Å²) in [4.78, 5) is 23.4. The van der Waals surface area contributed by atoms with Gasteiger partial charge in [0, 0.05) is 60.3 Å². The first kappa shape index (κ1) is 43.3. The summed E-state index contributed by atoms with van der Waals surface area (Å²) in [6.45, 7) is 8.92. The molecule has 0 radical (unpaired) electrons. The van der Waals surface area contributed by atoms with Crippen molar-refractivity contribution in [3.8, 4) is 0 Å². The summed E-state index contributed by atoms with van der Waals surface area (Å²) < 4.78 is 73.2. The summed E-state index contributed by atoms with van der Waals surface area (Å²) in [7, 11) is -9.35. The van der Waals surface area contributed by atoms with Crippen LogP contribution < -0.4 is 34.5 Å². The van der Waals surface area contributed by atoms with Gasteiger partial charge in [-0.15, -0.1) is 0 Å². The number of allylic oxidation sites excluding steroid dienone is 6. The summed E-state index contributed by atoms with van der Waals surface area (Å²) in [5.74, 6) is -1.70. The van der Waals surface area contributed by atoms with Gasteiger partial charge < -0.3 is 24.2 Å². The third kappa shape index (κ3) is 10.1. The summed E-state index contributed by atoms with van der Waals surface area (Å²) in [6, 6.07) is 8.75. The molecule has 0 fully saturated rings. The minimum Gasteiger partial charge on any atom is -0.744 e. The number of anilines is 1. The Morgan fingerprint density at radius 1 is 0.750 bits per heavy atom. The molecular formula is C37H45N2NaO10S2. The molecule has 4 rings (SSSR count). The Morgan fingerprint density at radius 3 is 1.88 bits per heavy atom. The van der Waals surface area contributed by atoms with Crippen LogP contribution >= 0.6 is 0 Å². The molecule has 2 aliphatic rings. The van der Waals surface area contributed by atoms with Crippen molar-refractivity contribution in [2.45, 2.75) is 99.7 Å². The summed E-state index contributed by atoms with van der Waals surface area (Å²) in [5, 5.41) is 18.0. The first-order valence-electron chi connectivity index (χ1n) is 16.9. The third-order valence-electron chi connectivity index (χ3n) is 9.58. The van der Waals surface area contributed by atoms with Crippen molar-refractivity contribution in [3.05, 3.63) is 83.6 Å². The number of benzene rings is 2. The van der Waals surface area contributed by atoms with Gasteiger partial charge in [-0.05, 0) is 81.5 Å². The molecule has 0 aromatic heterocycles. The van der Waals surface area contributed by atoms with E-state index >= 15 is 0 Å². The molecule has 276 valence electrons. The van der Waals surface area contributed by atoms with Crippen LogP contribution in [0.2, 0.25) is 0 Å². The normalized spacial score (nSPS) is 17.2. The monoisotopic (exact) mass is 764 g/mol. The van der Waals surface area contributed by atoms with Crippen LogP contribution in [0, 0.1) is 0 Å². The van der Waals surface area contributed by atoms with E-state index in [1.165, 1.54) is 24.3 Å². The Balaban J connectivity index is 0.00000729. The van der Waals surface area contributed by atoms with Crippen molar-refractivity contribution in [2.24, 2.45) is 0 Å². The molecule has 0 saturated heterocycles. The number of nitrogens with zero attached hydrogens (tertiary/aromatic N) is 2. The van der Waals surface area contributed by atoms with Crippen LogP contribution in [0.25, 0.3) is 0 Å². The SMILES string of the molecule is CC1(C)C(=CC=CC=CC2=[N+](CCCCCC(=O)O)c3ccc(S(=O)(=O)[O-])cc3C2(C)C)N(CCCCCC(=O)O)c2ccc(S(=O)(=O)[O-])cc21.[Na+]. The molecule has 12 nitrogen and oxygen atoms in total. The van der Waals surface area contributed by atoms with Gasteiger partial charge in [0.15, 0.2) is 5.71 Å². The Hall–Kier alpha value is -3.11. The molecule has 2 aromatic rings. The third-order valence-corrected chi connectivity index (χ3v) is 11.2. The van der Waals surface area contributed by atoms with Gasteiger partial charge in [0.2, 0.25) is 5.69 Å². The van der Waals surface area contributed by atoms with Crippen molar-refractivity contribution in [2.75, 3.05) is 18.0 Å². The Kier molecular flexibility index (Phi) is 14.5. The molecule has 0 bridgehead atoms. The maximum absolute atomic E-state index is 11.9. The van der Waals surface area contributed by atoms with E-state index in [0.29, 0.717) is 62.7 Å². The predicted octanol–water partition coefficient (Wildman–Crippen LogP) is 2.96. The topological polar surface area (TPSA) is 195 Å². The Bertz CT molecular complexity index is 2030. The summed E-state index contributed by atoms with van der Waals surface area (Å²) in [5.41, 5.74) is 3.37. The van der Waals surface area contributed by atoms with E-state index in [2.05, 4.69) is 9.48 Å². The maximum Gasteiger partial charge on any atom is 1.00 e. The van der Waals surface area contributed by atoms with Gasteiger partial charge in [0.1, 0.15) is 26.8 Å². The fourth-order valence-electron chi connectivity index (χ4n) is 6.91. The molecule has 0 atom stereocenters. The van der Waals surface area contributed by atoms with E-state index in [4.69, 9.17) is 10.2 Å². The smallest absolute Gasteiger partial charge is 0.744 e. The number of carboxylic acids is 2. The molecule has 2 aromatic carbocycles. The zero-order valence-corrected chi connectivity index (χ0v) is 33.9. The second-order valence-corrected chi connectivity index (χ2v) is 16.7. The second-order valence-electron chi connectivity index (χ2n) is 13.9. The van der Waals surface area contributed by atoms with Crippen molar-refractivity contribution in [1.82, 2.24) is 0 Å². The van der Waals surface area contributed by atoms with Crippen molar-refractivity contribution < 1.29 is 79.9 Å². The van der Waals surface area contributed by atoms with Gasteiger partial charge in [0.05, 0.1) is 15.2 Å². The number of carbonyl (C=O) groups is 2. The molecular weight excluding hydrogens is 720 g/mol. The Labute approximate surface area is 328 Å². The van der Waals surface area contributed by atoms with Gasteiger partial charge in [0.25, 0.3) is 0 Å². The van der Waals surface area contributed by atoms with Gasteiger partial charge in [-0.25, -0.2) is 16.8 Å². The first-order valence-corrected chi connectivity index (χ1v) is 19.7. The van der Waals surface area contributed by atoms with Crippen molar-refractivity contribution in [3.63, 3.8) is 0 Å².